The standard InChI is InChI=1S/C32H33N3O3/c1-4-7-20-37-32(36)23-14-12-22(13-15-23)31-34-30-27-11-9-8-10-26(27)28(21-29(30)38-31)33-24-16-18-25(19-17-24)35(5-2)6-3/h8-19,21,33H,4-7,20H2,1-3H3. The minimum Gasteiger partial charge on any atom is -0.462 e. The first-order chi connectivity index (χ1) is 18.6. The van der Waals surface area contributed by atoms with Crippen LogP contribution in [-0.4, -0.2) is 30.6 Å². The van der Waals surface area contributed by atoms with E-state index in [-0.39, 0.29) is 5.97 Å². The minimum absolute atomic E-state index is 0.311. The van der Waals surface area contributed by atoms with Crippen LogP contribution < -0.4 is 10.2 Å². The highest BCUT2D eigenvalue weighted by Gasteiger charge is 2.15. The summed E-state index contributed by atoms with van der Waals surface area (Å²) in [5.74, 6) is 0.200. The van der Waals surface area contributed by atoms with Crippen molar-refractivity contribution in [2.24, 2.45) is 0 Å². The van der Waals surface area contributed by atoms with Crippen molar-refractivity contribution in [2.45, 2.75) is 33.6 Å². The fourth-order valence-corrected chi connectivity index (χ4v) is 4.62. The first-order valence-electron chi connectivity index (χ1n) is 13.3. The summed E-state index contributed by atoms with van der Waals surface area (Å²) in [6.45, 7) is 8.79. The number of oxazole rings is 1. The third kappa shape index (κ3) is 5.21. The highest BCUT2D eigenvalue weighted by molar-refractivity contribution is 6.10. The van der Waals surface area contributed by atoms with Crippen molar-refractivity contribution in [2.75, 3.05) is 29.9 Å². The van der Waals surface area contributed by atoms with Crippen LogP contribution in [-0.2, 0) is 4.74 Å². The van der Waals surface area contributed by atoms with E-state index >= 15 is 0 Å². The molecule has 1 heterocycles. The number of hydrogen-bond donors (Lipinski definition) is 1. The van der Waals surface area contributed by atoms with E-state index < -0.39 is 0 Å². The van der Waals surface area contributed by atoms with Crippen LogP contribution in [0.1, 0.15) is 44.0 Å². The van der Waals surface area contributed by atoms with Gasteiger partial charge in [-0.15, -0.1) is 0 Å². The molecule has 0 saturated heterocycles. The zero-order valence-electron chi connectivity index (χ0n) is 22.2. The van der Waals surface area contributed by atoms with Gasteiger partial charge in [0.15, 0.2) is 5.58 Å². The second-order valence-corrected chi connectivity index (χ2v) is 9.25. The lowest BCUT2D eigenvalue weighted by Gasteiger charge is -2.21. The lowest BCUT2D eigenvalue weighted by atomic mass is 10.1. The molecule has 194 valence electrons. The Balaban J connectivity index is 1.44. The van der Waals surface area contributed by atoms with E-state index in [9.17, 15) is 4.79 Å². The third-order valence-corrected chi connectivity index (χ3v) is 6.77. The molecule has 0 unspecified atom stereocenters. The molecule has 0 aliphatic rings. The maximum atomic E-state index is 12.3. The maximum Gasteiger partial charge on any atom is 0.338 e. The van der Waals surface area contributed by atoms with Crippen LogP contribution in [0.5, 0.6) is 0 Å². The van der Waals surface area contributed by atoms with E-state index in [4.69, 9.17) is 14.1 Å². The van der Waals surface area contributed by atoms with Gasteiger partial charge in [0.05, 0.1) is 17.9 Å². The summed E-state index contributed by atoms with van der Waals surface area (Å²) in [7, 11) is 0. The van der Waals surface area contributed by atoms with Crippen molar-refractivity contribution >= 4 is 44.9 Å². The number of aromatic nitrogens is 1. The van der Waals surface area contributed by atoms with E-state index in [1.165, 1.54) is 5.69 Å². The van der Waals surface area contributed by atoms with Crippen LogP contribution in [0.15, 0.2) is 83.3 Å². The topological polar surface area (TPSA) is 67.6 Å². The number of nitrogens with one attached hydrogen (secondary N) is 1. The third-order valence-electron chi connectivity index (χ3n) is 6.77. The van der Waals surface area contributed by atoms with Gasteiger partial charge in [0, 0.05) is 46.9 Å². The fraction of sp³-hybridized carbons (Fsp3) is 0.250. The molecule has 38 heavy (non-hydrogen) atoms. The van der Waals surface area contributed by atoms with Crippen molar-refractivity contribution < 1.29 is 13.9 Å². The average Bonchev–Trinajstić information content (AvgIpc) is 3.39. The predicted molar refractivity (Wildman–Crippen MR) is 155 cm³/mol. The smallest absolute Gasteiger partial charge is 0.338 e. The summed E-state index contributed by atoms with van der Waals surface area (Å²) in [4.78, 5) is 19.4. The summed E-state index contributed by atoms with van der Waals surface area (Å²) in [5.41, 5.74) is 6.00. The van der Waals surface area contributed by atoms with E-state index in [2.05, 4.69) is 67.4 Å². The van der Waals surface area contributed by atoms with Gasteiger partial charge in [-0.25, -0.2) is 9.78 Å². The molecule has 6 heteroatoms. The Morgan fingerprint density at radius 3 is 2.32 bits per heavy atom. The zero-order valence-corrected chi connectivity index (χ0v) is 22.2. The molecule has 0 bridgehead atoms. The van der Waals surface area contributed by atoms with Gasteiger partial charge in [-0.1, -0.05) is 37.6 Å². The number of esters is 1. The summed E-state index contributed by atoms with van der Waals surface area (Å²) >= 11 is 0. The number of nitrogens with zero attached hydrogens (tertiary/aromatic N) is 2. The SMILES string of the molecule is CCCCOC(=O)c1ccc(-c2nc3c(cc(Nc4ccc(N(CC)CC)cc4)c4ccccc43)o2)cc1. The molecule has 0 atom stereocenters. The molecule has 5 aromatic rings. The highest BCUT2D eigenvalue weighted by atomic mass is 16.5. The second kappa shape index (κ2) is 11.4. The molecule has 1 aromatic heterocycles. The monoisotopic (exact) mass is 507 g/mol. The zero-order chi connectivity index (χ0) is 26.5. The largest absolute Gasteiger partial charge is 0.462 e. The molecule has 0 aliphatic heterocycles. The van der Waals surface area contributed by atoms with E-state index in [1.807, 2.05) is 30.3 Å². The molecule has 0 aliphatic carbocycles. The number of anilines is 3. The van der Waals surface area contributed by atoms with Gasteiger partial charge in [0.25, 0.3) is 0 Å². The molecule has 4 aromatic carbocycles. The molecule has 5 rings (SSSR count). The Morgan fingerprint density at radius 2 is 1.63 bits per heavy atom. The molecule has 6 nitrogen and oxygen atoms in total. The number of unbranched alkanes of at least 4 members (excludes halogenated alkanes) is 1. The number of ether oxygens (including phenoxy) is 1. The molecule has 0 saturated carbocycles. The summed E-state index contributed by atoms with van der Waals surface area (Å²) in [6, 6.07) is 25.9. The van der Waals surface area contributed by atoms with Gasteiger partial charge >= 0.3 is 5.97 Å². The minimum atomic E-state index is -0.311. The molecule has 0 fully saturated rings. The lowest BCUT2D eigenvalue weighted by molar-refractivity contribution is 0.0499. The van der Waals surface area contributed by atoms with Crippen LogP contribution in [0.25, 0.3) is 33.3 Å². The maximum absolute atomic E-state index is 12.3. The first-order valence-corrected chi connectivity index (χ1v) is 13.3. The lowest BCUT2D eigenvalue weighted by Crippen LogP contribution is -2.21. The van der Waals surface area contributed by atoms with Crippen molar-refractivity contribution in [3.05, 3.63) is 84.4 Å². The number of fused-ring (bicyclic) bond motifs is 3. The van der Waals surface area contributed by atoms with Crippen molar-refractivity contribution in [3.8, 4) is 11.5 Å². The normalized spacial score (nSPS) is 11.1. The van der Waals surface area contributed by atoms with Crippen LogP contribution >= 0.6 is 0 Å². The Hall–Kier alpha value is -4.32. The van der Waals surface area contributed by atoms with Gasteiger partial charge in [-0.3, -0.25) is 0 Å². The van der Waals surface area contributed by atoms with E-state index in [1.54, 1.807) is 12.1 Å². The van der Waals surface area contributed by atoms with Crippen LogP contribution in [0.3, 0.4) is 0 Å². The Kier molecular flexibility index (Phi) is 7.59. The van der Waals surface area contributed by atoms with E-state index in [0.29, 0.717) is 23.6 Å². The number of benzene rings is 4. The number of carbonyl (C=O) groups excluding carboxylic acids is 1. The summed E-state index contributed by atoms with van der Waals surface area (Å²) in [5, 5.41) is 5.65. The van der Waals surface area contributed by atoms with Gasteiger partial charge in [0.1, 0.15) is 5.52 Å². The number of rotatable bonds is 10. The number of carbonyl (C=O) groups is 1. The Bertz CT molecular complexity index is 1530. The van der Waals surface area contributed by atoms with Crippen molar-refractivity contribution in [1.82, 2.24) is 4.98 Å². The van der Waals surface area contributed by atoms with Crippen molar-refractivity contribution in [1.29, 1.82) is 0 Å². The van der Waals surface area contributed by atoms with Gasteiger partial charge < -0.3 is 19.4 Å². The van der Waals surface area contributed by atoms with Crippen LogP contribution in [0.2, 0.25) is 0 Å². The first kappa shape index (κ1) is 25.3. The highest BCUT2D eigenvalue weighted by Crippen LogP contribution is 2.36. The summed E-state index contributed by atoms with van der Waals surface area (Å²) < 4.78 is 11.5. The molecular weight excluding hydrogens is 474 g/mol. The molecule has 0 radical (unpaired) electrons. The Morgan fingerprint density at radius 1 is 0.921 bits per heavy atom. The van der Waals surface area contributed by atoms with Gasteiger partial charge in [0.2, 0.25) is 5.89 Å². The van der Waals surface area contributed by atoms with Crippen LogP contribution in [0.4, 0.5) is 17.1 Å². The Labute approximate surface area is 223 Å². The molecule has 0 spiro atoms. The van der Waals surface area contributed by atoms with Gasteiger partial charge in [-0.05, 0) is 68.8 Å². The molecule has 1 N–H and O–H groups in total. The van der Waals surface area contributed by atoms with Crippen molar-refractivity contribution in [3.63, 3.8) is 0 Å². The second-order valence-electron chi connectivity index (χ2n) is 9.25. The number of hydrogen-bond acceptors (Lipinski definition) is 6. The van der Waals surface area contributed by atoms with Crippen LogP contribution in [0, 0.1) is 0 Å². The van der Waals surface area contributed by atoms with E-state index in [0.717, 1.165) is 59.2 Å². The van der Waals surface area contributed by atoms with Gasteiger partial charge in [-0.2, -0.15) is 0 Å². The quantitative estimate of drug-likeness (QED) is 0.152. The fourth-order valence-electron chi connectivity index (χ4n) is 4.62. The predicted octanol–water partition coefficient (Wildman–Crippen LogP) is 8.19. The molecule has 0 amide bonds. The molecular formula is C32H33N3O3. The summed E-state index contributed by atoms with van der Waals surface area (Å²) in [6.07, 6.45) is 1.85. The average molecular weight is 508 g/mol.